The predicted octanol–water partition coefficient (Wildman–Crippen LogP) is 3.19. The van der Waals surface area contributed by atoms with E-state index in [2.05, 4.69) is 5.32 Å². The van der Waals surface area contributed by atoms with Crippen LogP contribution >= 0.6 is 24.0 Å². The van der Waals surface area contributed by atoms with Crippen molar-refractivity contribution in [3.63, 3.8) is 0 Å². The molecule has 1 aromatic rings. The van der Waals surface area contributed by atoms with E-state index in [0.29, 0.717) is 11.6 Å². The van der Waals surface area contributed by atoms with Crippen molar-refractivity contribution in [1.29, 1.82) is 0 Å². The van der Waals surface area contributed by atoms with Gasteiger partial charge in [0.2, 0.25) is 0 Å². The summed E-state index contributed by atoms with van der Waals surface area (Å²) in [7, 11) is 1.68. The molecule has 0 fully saturated rings. The van der Waals surface area contributed by atoms with Gasteiger partial charge in [0, 0.05) is 37.4 Å². The number of rotatable bonds is 8. The van der Waals surface area contributed by atoms with Crippen molar-refractivity contribution in [2.24, 2.45) is 0 Å². The molecule has 5 nitrogen and oxygen atoms in total. The molecule has 0 saturated carbocycles. The van der Waals surface area contributed by atoms with E-state index in [1.54, 1.807) is 13.2 Å². The molecule has 0 bridgehead atoms. The summed E-state index contributed by atoms with van der Waals surface area (Å²) in [4.78, 5) is 10.2. The van der Waals surface area contributed by atoms with Crippen LogP contribution in [0.15, 0.2) is 18.2 Å². The highest BCUT2D eigenvalue weighted by Crippen LogP contribution is 2.21. The zero-order valence-electron chi connectivity index (χ0n) is 10.7. The summed E-state index contributed by atoms with van der Waals surface area (Å²) in [6.07, 6.45) is 1.99. The molecule has 19 heavy (non-hydrogen) atoms. The molecular formula is C12H18Cl2N2O3. The number of hydrogen-bond acceptors (Lipinski definition) is 4. The first kappa shape index (κ1) is 18.1. The molecule has 1 rings (SSSR count). The van der Waals surface area contributed by atoms with Crippen molar-refractivity contribution >= 4 is 29.7 Å². The summed E-state index contributed by atoms with van der Waals surface area (Å²) < 4.78 is 4.94. The largest absolute Gasteiger partial charge is 0.385 e. The Labute approximate surface area is 123 Å². The smallest absolute Gasteiger partial charge is 0.269 e. The Morgan fingerprint density at radius 2 is 2.16 bits per heavy atom. The highest BCUT2D eigenvalue weighted by Gasteiger charge is 2.09. The number of nitrogens with zero attached hydrogens (tertiary/aromatic N) is 1. The van der Waals surface area contributed by atoms with Crippen LogP contribution in [0.1, 0.15) is 18.4 Å². The van der Waals surface area contributed by atoms with Crippen LogP contribution in [0.3, 0.4) is 0 Å². The topological polar surface area (TPSA) is 64.4 Å². The Morgan fingerprint density at radius 1 is 1.42 bits per heavy atom. The zero-order chi connectivity index (χ0) is 13.4. The van der Waals surface area contributed by atoms with Crippen molar-refractivity contribution in [3.8, 4) is 0 Å². The third kappa shape index (κ3) is 6.73. The maximum atomic E-state index is 10.6. The van der Waals surface area contributed by atoms with Gasteiger partial charge in [0.15, 0.2) is 0 Å². The normalized spacial score (nSPS) is 10.0. The summed E-state index contributed by atoms with van der Waals surface area (Å²) in [5.41, 5.74) is 0.813. The number of nitro groups is 1. The van der Waals surface area contributed by atoms with Crippen LogP contribution in [0.5, 0.6) is 0 Å². The van der Waals surface area contributed by atoms with Gasteiger partial charge in [-0.15, -0.1) is 12.4 Å². The Balaban J connectivity index is 0.00000324. The number of unbranched alkanes of at least 4 members (excludes halogenated alkanes) is 1. The fraction of sp³-hybridized carbons (Fsp3) is 0.500. The molecule has 0 spiro atoms. The minimum absolute atomic E-state index is 0. The summed E-state index contributed by atoms with van der Waals surface area (Å²) in [6.45, 7) is 2.12. The molecule has 0 aromatic heterocycles. The van der Waals surface area contributed by atoms with Crippen molar-refractivity contribution in [2.45, 2.75) is 19.4 Å². The summed E-state index contributed by atoms with van der Waals surface area (Å²) in [5.74, 6) is 0. The lowest BCUT2D eigenvalue weighted by Gasteiger charge is -2.06. The maximum Gasteiger partial charge on any atom is 0.269 e. The molecule has 0 heterocycles. The van der Waals surface area contributed by atoms with Crippen LogP contribution in [-0.4, -0.2) is 25.2 Å². The maximum absolute atomic E-state index is 10.6. The highest BCUT2D eigenvalue weighted by atomic mass is 35.5. The minimum atomic E-state index is -0.418. The van der Waals surface area contributed by atoms with E-state index >= 15 is 0 Å². The predicted molar refractivity (Wildman–Crippen MR) is 78.2 cm³/mol. The summed E-state index contributed by atoms with van der Waals surface area (Å²) in [6, 6.07) is 4.47. The van der Waals surface area contributed by atoms with Crippen LogP contribution in [0.2, 0.25) is 5.02 Å². The molecule has 0 unspecified atom stereocenters. The Bertz CT molecular complexity index is 403. The molecule has 0 saturated heterocycles. The average molecular weight is 309 g/mol. The third-order valence-electron chi connectivity index (χ3n) is 2.51. The van der Waals surface area contributed by atoms with Gasteiger partial charge >= 0.3 is 0 Å². The molecule has 1 aromatic carbocycles. The van der Waals surface area contributed by atoms with Crippen molar-refractivity contribution < 1.29 is 9.66 Å². The first-order valence-corrected chi connectivity index (χ1v) is 6.15. The lowest BCUT2D eigenvalue weighted by molar-refractivity contribution is -0.384. The number of benzene rings is 1. The summed E-state index contributed by atoms with van der Waals surface area (Å²) in [5, 5.41) is 14.4. The zero-order valence-corrected chi connectivity index (χ0v) is 12.3. The van der Waals surface area contributed by atoms with Gasteiger partial charge in [-0.2, -0.15) is 0 Å². The van der Waals surface area contributed by atoms with Crippen LogP contribution in [0, 0.1) is 10.1 Å². The fourth-order valence-electron chi connectivity index (χ4n) is 1.53. The van der Waals surface area contributed by atoms with Gasteiger partial charge in [-0.05, 0) is 31.0 Å². The van der Waals surface area contributed by atoms with Gasteiger partial charge in [-0.3, -0.25) is 10.1 Å². The second kappa shape index (κ2) is 9.97. The SMILES string of the molecule is COCCCCNCc1cc([N+](=O)[O-])ccc1Cl.Cl. The van der Waals surface area contributed by atoms with Crippen LogP contribution in [0.25, 0.3) is 0 Å². The second-order valence-electron chi connectivity index (χ2n) is 3.91. The molecule has 0 amide bonds. The molecule has 0 aliphatic heterocycles. The van der Waals surface area contributed by atoms with Crippen LogP contribution in [0.4, 0.5) is 5.69 Å². The van der Waals surface area contributed by atoms with Crippen LogP contribution < -0.4 is 5.32 Å². The Hall–Kier alpha value is -0.880. The fourth-order valence-corrected chi connectivity index (χ4v) is 1.71. The number of ether oxygens (including phenoxy) is 1. The first-order valence-electron chi connectivity index (χ1n) is 5.77. The van der Waals surface area contributed by atoms with Gasteiger partial charge < -0.3 is 10.1 Å². The van der Waals surface area contributed by atoms with Gasteiger partial charge in [0.05, 0.1) is 4.92 Å². The molecule has 0 aliphatic carbocycles. The lowest BCUT2D eigenvalue weighted by atomic mass is 10.2. The number of hydrogen-bond donors (Lipinski definition) is 1. The van der Waals surface area contributed by atoms with Crippen molar-refractivity contribution in [3.05, 3.63) is 38.9 Å². The molecule has 0 radical (unpaired) electrons. The van der Waals surface area contributed by atoms with E-state index in [1.165, 1.54) is 12.1 Å². The van der Waals surface area contributed by atoms with Gasteiger partial charge in [-0.1, -0.05) is 11.6 Å². The van der Waals surface area contributed by atoms with Crippen LogP contribution in [-0.2, 0) is 11.3 Å². The number of nitro benzene ring substituents is 1. The van der Waals surface area contributed by atoms with Crippen molar-refractivity contribution in [2.75, 3.05) is 20.3 Å². The standard InChI is InChI=1S/C12H17ClN2O3.ClH/c1-18-7-3-2-6-14-9-10-8-11(15(16)17)4-5-12(10)13;/h4-5,8,14H,2-3,6-7,9H2,1H3;1H. The Kier molecular flexibility index (Phi) is 9.51. The molecule has 1 N–H and O–H groups in total. The average Bonchev–Trinajstić information content (AvgIpc) is 2.35. The van der Waals surface area contributed by atoms with E-state index < -0.39 is 4.92 Å². The molecule has 0 atom stereocenters. The van der Waals surface area contributed by atoms with Gasteiger partial charge in [0.1, 0.15) is 0 Å². The van der Waals surface area contributed by atoms with E-state index in [4.69, 9.17) is 16.3 Å². The molecule has 7 heteroatoms. The monoisotopic (exact) mass is 308 g/mol. The van der Waals surface area contributed by atoms with Gasteiger partial charge in [-0.25, -0.2) is 0 Å². The molecular weight excluding hydrogens is 291 g/mol. The quantitative estimate of drug-likeness (QED) is 0.455. The van der Waals surface area contributed by atoms with Gasteiger partial charge in [0.25, 0.3) is 5.69 Å². The van der Waals surface area contributed by atoms with E-state index in [-0.39, 0.29) is 18.1 Å². The summed E-state index contributed by atoms with van der Waals surface area (Å²) >= 11 is 5.98. The molecule has 108 valence electrons. The number of halogens is 2. The third-order valence-corrected chi connectivity index (χ3v) is 2.88. The highest BCUT2D eigenvalue weighted by molar-refractivity contribution is 6.31. The molecule has 0 aliphatic rings. The van der Waals surface area contributed by atoms with Crippen molar-refractivity contribution in [1.82, 2.24) is 5.32 Å². The first-order chi connectivity index (χ1) is 8.65. The van der Waals surface area contributed by atoms with E-state index in [9.17, 15) is 10.1 Å². The Morgan fingerprint density at radius 3 is 2.79 bits per heavy atom. The van der Waals surface area contributed by atoms with E-state index in [1.807, 2.05) is 0 Å². The second-order valence-corrected chi connectivity index (χ2v) is 4.32. The number of nitrogens with one attached hydrogen (secondary N) is 1. The lowest BCUT2D eigenvalue weighted by Crippen LogP contribution is -2.15. The number of methoxy groups -OCH3 is 1. The number of non-ortho nitro benzene ring substituents is 1. The minimum Gasteiger partial charge on any atom is -0.385 e. The van der Waals surface area contributed by atoms with E-state index in [0.717, 1.165) is 31.6 Å².